The van der Waals surface area contributed by atoms with E-state index in [1.54, 1.807) is 20.8 Å². The zero-order valence-corrected chi connectivity index (χ0v) is 11.0. The molecule has 0 heterocycles. The molecule has 0 aromatic carbocycles. The van der Waals surface area contributed by atoms with Crippen molar-refractivity contribution in [3.05, 3.63) is 12.7 Å². The lowest BCUT2D eigenvalue weighted by Gasteiger charge is -2.21. The normalized spacial score (nSPS) is 12.2. The average Bonchev–Trinajstić information content (AvgIpc) is 2.24. The Bertz CT molecular complexity index is 321. The maximum Gasteiger partial charge on any atom is 0.408 e. The molecular weight excluding hydrogens is 236 g/mol. The van der Waals surface area contributed by atoms with Gasteiger partial charge < -0.3 is 20.2 Å². The van der Waals surface area contributed by atoms with Gasteiger partial charge in [-0.15, -0.1) is 0 Å². The summed E-state index contributed by atoms with van der Waals surface area (Å²) in [5, 5.41) is 4.92. The lowest BCUT2D eigenvalue weighted by atomic mass is 10.2. The van der Waals surface area contributed by atoms with Gasteiger partial charge in [-0.05, 0) is 33.3 Å². The van der Waals surface area contributed by atoms with E-state index in [2.05, 4.69) is 17.2 Å². The van der Waals surface area contributed by atoms with Gasteiger partial charge >= 0.3 is 6.09 Å². The average molecular weight is 256 g/mol. The Morgan fingerprint density at radius 3 is 2.44 bits per heavy atom. The molecule has 0 saturated carbocycles. The van der Waals surface area contributed by atoms with Crippen LogP contribution < -0.4 is 10.6 Å². The van der Waals surface area contributed by atoms with Gasteiger partial charge in [0.2, 0.25) is 5.91 Å². The van der Waals surface area contributed by atoms with Gasteiger partial charge in [0.15, 0.2) is 0 Å². The number of hydrogen-bond acceptors (Lipinski definition) is 4. The van der Waals surface area contributed by atoms with Crippen LogP contribution in [-0.4, -0.2) is 36.5 Å². The molecule has 0 radical (unpaired) electrons. The second-order valence-electron chi connectivity index (χ2n) is 4.67. The molecular formula is C12H20N2O4. The van der Waals surface area contributed by atoms with Crippen molar-refractivity contribution >= 4 is 18.3 Å². The maximum absolute atomic E-state index is 11.4. The first-order valence-corrected chi connectivity index (χ1v) is 5.63. The van der Waals surface area contributed by atoms with Gasteiger partial charge in [0.05, 0.1) is 6.04 Å². The molecule has 0 saturated heterocycles. The molecule has 1 atom stereocenters. The van der Waals surface area contributed by atoms with Crippen molar-refractivity contribution in [2.45, 2.75) is 38.8 Å². The van der Waals surface area contributed by atoms with E-state index in [-0.39, 0.29) is 12.5 Å². The molecule has 6 heteroatoms. The first-order chi connectivity index (χ1) is 8.28. The number of carbonyl (C=O) groups is 3. The minimum absolute atomic E-state index is 0.268. The number of hydrogen-bond donors (Lipinski definition) is 2. The van der Waals surface area contributed by atoms with Gasteiger partial charge in [0, 0.05) is 6.54 Å². The van der Waals surface area contributed by atoms with Crippen LogP contribution in [0.3, 0.4) is 0 Å². The molecule has 0 aliphatic carbocycles. The monoisotopic (exact) mass is 256 g/mol. The largest absolute Gasteiger partial charge is 0.444 e. The maximum atomic E-state index is 11.4. The van der Waals surface area contributed by atoms with Gasteiger partial charge in [0.1, 0.15) is 11.9 Å². The third kappa shape index (κ3) is 8.32. The second-order valence-corrected chi connectivity index (χ2v) is 4.67. The molecule has 0 aromatic rings. The van der Waals surface area contributed by atoms with Crippen LogP contribution in [0.2, 0.25) is 0 Å². The van der Waals surface area contributed by atoms with E-state index in [9.17, 15) is 14.4 Å². The fourth-order valence-corrected chi connectivity index (χ4v) is 1.06. The summed E-state index contributed by atoms with van der Waals surface area (Å²) in [7, 11) is 0. The van der Waals surface area contributed by atoms with Crippen LogP contribution in [0.1, 0.15) is 27.2 Å². The molecule has 0 fully saturated rings. The highest BCUT2D eigenvalue weighted by Gasteiger charge is 2.18. The molecule has 0 aromatic heterocycles. The fraction of sp³-hybridized carbons (Fsp3) is 0.583. The first-order valence-electron chi connectivity index (χ1n) is 5.63. The smallest absolute Gasteiger partial charge is 0.408 e. The minimum atomic E-state index is -0.690. The Morgan fingerprint density at radius 2 is 2.00 bits per heavy atom. The molecule has 2 amide bonds. The topological polar surface area (TPSA) is 84.5 Å². The molecule has 18 heavy (non-hydrogen) atoms. The van der Waals surface area contributed by atoms with Crippen LogP contribution in [0.5, 0.6) is 0 Å². The number of alkyl carbamates (subject to hydrolysis) is 1. The summed E-state index contributed by atoms with van der Waals surface area (Å²) >= 11 is 0. The van der Waals surface area contributed by atoms with Crippen molar-refractivity contribution in [3.8, 4) is 0 Å². The van der Waals surface area contributed by atoms with Crippen LogP contribution >= 0.6 is 0 Å². The first kappa shape index (κ1) is 16.1. The van der Waals surface area contributed by atoms with Gasteiger partial charge in [-0.1, -0.05) is 6.58 Å². The summed E-state index contributed by atoms with van der Waals surface area (Å²) in [4.78, 5) is 33.0. The molecule has 6 nitrogen and oxygen atoms in total. The van der Waals surface area contributed by atoms with Gasteiger partial charge in [-0.2, -0.15) is 0 Å². The standard InChI is InChI=1S/C12H20N2O4/c1-5-10(16)13-7-6-9(8-15)14-11(17)18-12(2,3)4/h5,8-9H,1,6-7H2,2-4H3,(H,13,16)(H,14,17)/t9-/m0/s1. The van der Waals surface area contributed by atoms with Gasteiger partial charge in [0.25, 0.3) is 0 Å². The predicted octanol–water partition coefficient (Wildman–Crippen LogP) is 0.771. The molecule has 0 unspecified atom stereocenters. The van der Waals surface area contributed by atoms with Gasteiger partial charge in [-0.25, -0.2) is 4.79 Å². The van der Waals surface area contributed by atoms with E-state index >= 15 is 0 Å². The zero-order valence-electron chi connectivity index (χ0n) is 11.0. The van der Waals surface area contributed by atoms with Crippen molar-refractivity contribution in [2.75, 3.05) is 6.54 Å². The summed E-state index contributed by atoms with van der Waals surface area (Å²) in [6.07, 6.45) is 1.37. The van der Waals surface area contributed by atoms with E-state index in [0.717, 1.165) is 6.08 Å². The number of rotatable bonds is 6. The van der Waals surface area contributed by atoms with Crippen molar-refractivity contribution < 1.29 is 19.1 Å². The molecule has 0 spiro atoms. The summed E-state index contributed by atoms with van der Waals surface area (Å²) in [5.41, 5.74) is -0.616. The summed E-state index contributed by atoms with van der Waals surface area (Å²) in [6.45, 7) is 8.75. The highest BCUT2D eigenvalue weighted by atomic mass is 16.6. The third-order valence-corrected chi connectivity index (χ3v) is 1.81. The molecule has 102 valence electrons. The summed E-state index contributed by atoms with van der Waals surface area (Å²) < 4.78 is 5.01. The van der Waals surface area contributed by atoms with Crippen LogP contribution in [0.15, 0.2) is 12.7 Å². The van der Waals surface area contributed by atoms with Crippen molar-refractivity contribution in [3.63, 3.8) is 0 Å². The Labute approximate surface area is 107 Å². The number of nitrogens with one attached hydrogen (secondary N) is 2. The predicted molar refractivity (Wildman–Crippen MR) is 67.0 cm³/mol. The van der Waals surface area contributed by atoms with Crippen LogP contribution in [0, 0.1) is 0 Å². The van der Waals surface area contributed by atoms with E-state index in [4.69, 9.17) is 4.74 Å². The van der Waals surface area contributed by atoms with Gasteiger partial charge in [-0.3, -0.25) is 4.79 Å². The molecule has 0 rings (SSSR count). The van der Waals surface area contributed by atoms with E-state index in [1.807, 2.05) is 0 Å². The molecule has 0 aliphatic heterocycles. The molecule has 0 bridgehead atoms. The zero-order chi connectivity index (χ0) is 14.2. The lowest BCUT2D eigenvalue weighted by molar-refractivity contribution is -0.116. The van der Waals surface area contributed by atoms with Crippen molar-refractivity contribution in [2.24, 2.45) is 0 Å². The Morgan fingerprint density at radius 1 is 1.39 bits per heavy atom. The van der Waals surface area contributed by atoms with E-state index in [0.29, 0.717) is 12.7 Å². The third-order valence-electron chi connectivity index (χ3n) is 1.81. The molecule has 0 aliphatic rings. The quantitative estimate of drug-likeness (QED) is 0.543. The second kappa shape index (κ2) is 7.47. The van der Waals surface area contributed by atoms with Crippen LogP contribution in [0.25, 0.3) is 0 Å². The van der Waals surface area contributed by atoms with E-state index in [1.165, 1.54) is 0 Å². The highest BCUT2D eigenvalue weighted by Crippen LogP contribution is 2.06. The SMILES string of the molecule is C=CC(=O)NCC[C@@H](C=O)NC(=O)OC(C)(C)C. The molecule has 2 N–H and O–H groups in total. The Balaban J connectivity index is 4.04. The number of ether oxygens (including phenoxy) is 1. The number of amides is 2. The van der Waals surface area contributed by atoms with Crippen LogP contribution in [-0.2, 0) is 14.3 Å². The number of aldehydes is 1. The van der Waals surface area contributed by atoms with Crippen LogP contribution in [0.4, 0.5) is 4.79 Å². The lowest BCUT2D eigenvalue weighted by Crippen LogP contribution is -2.41. The summed E-state index contributed by atoms with van der Waals surface area (Å²) in [6, 6.07) is -0.690. The van der Waals surface area contributed by atoms with Crippen molar-refractivity contribution in [1.82, 2.24) is 10.6 Å². The Hall–Kier alpha value is -1.85. The minimum Gasteiger partial charge on any atom is -0.444 e. The Kier molecular flexibility index (Phi) is 6.70. The highest BCUT2D eigenvalue weighted by molar-refractivity contribution is 5.86. The van der Waals surface area contributed by atoms with E-state index < -0.39 is 17.7 Å². The summed E-state index contributed by atoms with van der Waals surface area (Å²) in [5.74, 6) is -0.322. The van der Waals surface area contributed by atoms with Crippen molar-refractivity contribution in [1.29, 1.82) is 0 Å². The fourth-order valence-electron chi connectivity index (χ4n) is 1.06. The number of carbonyl (C=O) groups excluding carboxylic acids is 3.